The molecule has 1 aliphatic carbocycles. The van der Waals surface area contributed by atoms with Gasteiger partial charge in [-0.3, -0.25) is 9.59 Å². The van der Waals surface area contributed by atoms with Gasteiger partial charge in [-0.15, -0.1) is 11.3 Å². The molecule has 1 amide bonds. The first-order valence-electron chi connectivity index (χ1n) is 8.29. The molecule has 0 aromatic carbocycles. The van der Waals surface area contributed by atoms with E-state index in [1.165, 1.54) is 29.2 Å². The molecule has 24 heavy (non-hydrogen) atoms. The van der Waals surface area contributed by atoms with Crippen molar-refractivity contribution in [3.8, 4) is 10.6 Å². The van der Waals surface area contributed by atoms with Crippen molar-refractivity contribution in [2.24, 2.45) is 0 Å². The van der Waals surface area contributed by atoms with Gasteiger partial charge in [0.2, 0.25) is 5.91 Å². The van der Waals surface area contributed by atoms with Crippen LogP contribution in [0.1, 0.15) is 32.1 Å². The Bertz CT molecular complexity index is 778. The van der Waals surface area contributed by atoms with Crippen molar-refractivity contribution < 1.29 is 4.79 Å². The van der Waals surface area contributed by atoms with Gasteiger partial charge in [-0.05, 0) is 49.6 Å². The third-order valence-electron chi connectivity index (χ3n) is 4.09. The molecule has 2 heterocycles. The van der Waals surface area contributed by atoms with E-state index in [1.807, 2.05) is 17.5 Å². The monoisotopic (exact) mass is 343 g/mol. The number of aromatic nitrogens is 2. The quantitative estimate of drug-likeness (QED) is 0.820. The van der Waals surface area contributed by atoms with E-state index >= 15 is 0 Å². The minimum Gasteiger partial charge on any atom is -0.354 e. The average Bonchev–Trinajstić information content (AvgIpc) is 3.12. The topological polar surface area (TPSA) is 64.0 Å². The van der Waals surface area contributed by atoms with Gasteiger partial charge in [0.25, 0.3) is 5.56 Å². The van der Waals surface area contributed by atoms with Gasteiger partial charge in [-0.1, -0.05) is 17.7 Å². The van der Waals surface area contributed by atoms with E-state index in [9.17, 15) is 9.59 Å². The molecule has 0 radical (unpaired) electrons. The largest absolute Gasteiger partial charge is 0.354 e. The molecule has 0 saturated carbocycles. The molecule has 0 spiro atoms. The van der Waals surface area contributed by atoms with Gasteiger partial charge >= 0.3 is 0 Å². The van der Waals surface area contributed by atoms with Gasteiger partial charge in [0.15, 0.2) is 0 Å². The molecule has 126 valence electrons. The van der Waals surface area contributed by atoms with Crippen molar-refractivity contribution in [3.05, 3.63) is 51.6 Å². The van der Waals surface area contributed by atoms with Gasteiger partial charge < -0.3 is 5.32 Å². The predicted octanol–water partition coefficient (Wildman–Crippen LogP) is 2.98. The van der Waals surface area contributed by atoms with E-state index in [0.717, 1.165) is 24.1 Å². The smallest absolute Gasteiger partial charge is 0.267 e. The van der Waals surface area contributed by atoms with Gasteiger partial charge in [0, 0.05) is 12.6 Å². The Labute approximate surface area is 145 Å². The number of hydrogen-bond donors (Lipinski definition) is 1. The van der Waals surface area contributed by atoms with E-state index in [1.54, 1.807) is 17.4 Å². The molecule has 1 N–H and O–H groups in total. The van der Waals surface area contributed by atoms with E-state index < -0.39 is 0 Å². The highest BCUT2D eigenvalue weighted by Crippen LogP contribution is 2.21. The van der Waals surface area contributed by atoms with Gasteiger partial charge in [0.05, 0.1) is 4.88 Å². The molecule has 0 fully saturated rings. The summed E-state index contributed by atoms with van der Waals surface area (Å²) < 4.78 is 1.23. The van der Waals surface area contributed by atoms with Crippen LogP contribution in [0.5, 0.6) is 0 Å². The third kappa shape index (κ3) is 4.41. The first kappa shape index (κ1) is 16.6. The van der Waals surface area contributed by atoms with Crippen LogP contribution in [0.4, 0.5) is 0 Å². The zero-order chi connectivity index (χ0) is 16.8. The maximum absolute atomic E-state index is 12.1. The van der Waals surface area contributed by atoms with E-state index in [-0.39, 0.29) is 18.0 Å². The van der Waals surface area contributed by atoms with Gasteiger partial charge in [-0.25, -0.2) is 4.68 Å². The standard InChI is InChI=1S/C18H21N3O2S/c22-17(19-11-10-14-5-2-1-3-6-14)13-21-18(23)9-8-15(20-21)16-7-4-12-24-16/h4-5,7-9,12H,1-3,6,10-11,13H2,(H,19,22). The van der Waals surface area contributed by atoms with Crippen LogP contribution in [0.3, 0.4) is 0 Å². The number of carbonyl (C=O) groups is 1. The van der Waals surface area contributed by atoms with Crippen molar-refractivity contribution in [1.82, 2.24) is 15.1 Å². The molecule has 0 aliphatic heterocycles. The van der Waals surface area contributed by atoms with Crippen LogP contribution >= 0.6 is 11.3 Å². The molecule has 0 saturated heterocycles. The summed E-state index contributed by atoms with van der Waals surface area (Å²) in [7, 11) is 0. The van der Waals surface area contributed by atoms with Crippen molar-refractivity contribution >= 4 is 17.2 Å². The number of nitrogens with one attached hydrogen (secondary N) is 1. The molecule has 3 rings (SSSR count). The van der Waals surface area contributed by atoms with E-state index in [2.05, 4.69) is 16.5 Å². The fraction of sp³-hybridized carbons (Fsp3) is 0.389. The number of amides is 1. The Morgan fingerprint density at radius 3 is 2.96 bits per heavy atom. The summed E-state index contributed by atoms with van der Waals surface area (Å²) in [6, 6.07) is 7.03. The second kappa shape index (κ2) is 8.06. The molecule has 5 nitrogen and oxygen atoms in total. The molecule has 0 unspecified atom stereocenters. The summed E-state index contributed by atoms with van der Waals surface area (Å²) in [5.41, 5.74) is 1.88. The molecule has 2 aromatic heterocycles. The predicted molar refractivity (Wildman–Crippen MR) is 96.0 cm³/mol. The average molecular weight is 343 g/mol. The molecule has 0 bridgehead atoms. The highest BCUT2D eigenvalue weighted by Gasteiger charge is 2.09. The number of nitrogens with zero attached hydrogens (tertiary/aromatic N) is 2. The zero-order valence-electron chi connectivity index (χ0n) is 13.5. The van der Waals surface area contributed by atoms with Crippen LogP contribution in [0.15, 0.2) is 46.1 Å². The summed E-state index contributed by atoms with van der Waals surface area (Å²) >= 11 is 1.55. The maximum atomic E-state index is 12.1. The Hall–Kier alpha value is -2.21. The van der Waals surface area contributed by atoms with Crippen LogP contribution < -0.4 is 10.9 Å². The summed E-state index contributed by atoms with van der Waals surface area (Å²) in [5.74, 6) is -0.177. The Morgan fingerprint density at radius 1 is 1.29 bits per heavy atom. The Balaban J connectivity index is 1.56. The summed E-state index contributed by atoms with van der Waals surface area (Å²) in [6.07, 6.45) is 7.98. The lowest BCUT2D eigenvalue weighted by Gasteiger charge is -2.13. The van der Waals surface area contributed by atoms with Crippen molar-refractivity contribution in [1.29, 1.82) is 0 Å². The Kier molecular flexibility index (Phi) is 5.59. The highest BCUT2D eigenvalue weighted by atomic mass is 32.1. The number of allylic oxidation sites excluding steroid dienone is 1. The first-order chi connectivity index (χ1) is 11.7. The second-order valence-corrected chi connectivity index (χ2v) is 6.85. The molecule has 6 heteroatoms. The number of rotatable bonds is 6. The second-order valence-electron chi connectivity index (χ2n) is 5.90. The zero-order valence-corrected chi connectivity index (χ0v) is 14.3. The minimum absolute atomic E-state index is 0.0445. The van der Waals surface area contributed by atoms with Crippen molar-refractivity contribution in [2.75, 3.05) is 6.54 Å². The highest BCUT2D eigenvalue weighted by molar-refractivity contribution is 7.13. The minimum atomic E-state index is -0.263. The lowest BCUT2D eigenvalue weighted by Crippen LogP contribution is -2.34. The molecule has 2 aromatic rings. The van der Waals surface area contributed by atoms with E-state index in [4.69, 9.17) is 0 Å². The number of thiophene rings is 1. The van der Waals surface area contributed by atoms with Crippen LogP contribution in [-0.2, 0) is 11.3 Å². The fourth-order valence-corrected chi connectivity index (χ4v) is 3.49. The van der Waals surface area contributed by atoms with Crippen LogP contribution in [0.25, 0.3) is 10.6 Å². The summed E-state index contributed by atoms with van der Waals surface area (Å²) in [4.78, 5) is 25.0. The van der Waals surface area contributed by atoms with Crippen molar-refractivity contribution in [3.63, 3.8) is 0 Å². The number of hydrogen-bond acceptors (Lipinski definition) is 4. The van der Waals surface area contributed by atoms with Crippen molar-refractivity contribution in [2.45, 2.75) is 38.6 Å². The number of carbonyl (C=O) groups excluding carboxylic acids is 1. The summed E-state index contributed by atoms with van der Waals surface area (Å²) in [6.45, 7) is 0.571. The van der Waals surface area contributed by atoms with Crippen LogP contribution in [0.2, 0.25) is 0 Å². The van der Waals surface area contributed by atoms with Crippen LogP contribution in [-0.4, -0.2) is 22.2 Å². The van der Waals surface area contributed by atoms with Gasteiger partial charge in [-0.2, -0.15) is 5.10 Å². The Morgan fingerprint density at radius 2 is 2.21 bits per heavy atom. The summed E-state index contributed by atoms with van der Waals surface area (Å²) in [5, 5.41) is 9.14. The lowest BCUT2D eigenvalue weighted by molar-refractivity contribution is -0.121. The lowest BCUT2D eigenvalue weighted by atomic mass is 9.97. The van der Waals surface area contributed by atoms with Crippen LogP contribution in [0, 0.1) is 0 Å². The first-order valence-corrected chi connectivity index (χ1v) is 9.17. The fourth-order valence-electron chi connectivity index (χ4n) is 2.80. The molecular weight excluding hydrogens is 322 g/mol. The maximum Gasteiger partial charge on any atom is 0.267 e. The third-order valence-corrected chi connectivity index (χ3v) is 4.98. The van der Waals surface area contributed by atoms with E-state index in [0.29, 0.717) is 12.2 Å². The SMILES string of the molecule is O=C(Cn1nc(-c2cccs2)ccc1=O)NCCC1=CCCCC1. The normalized spacial score (nSPS) is 14.2. The van der Waals surface area contributed by atoms with Gasteiger partial charge in [0.1, 0.15) is 12.2 Å². The molecule has 0 atom stereocenters. The molecule has 1 aliphatic rings. The molecular formula is C18H21N3O2S.